The molecule has 11 heteroatoms. The number of nitrogens with two attached hydrogens (primary N) is 1. The molecule has 1 amide bonds. The zero-order valence-electron chi connectivity index (χ0n) is 16.0. The highest BCUT2D eigenvalue weighted by molar-refractivity contribution is 7.14. The van der Waals surface area contributed by atoms with Gasteiger partial charge in [0, 0.05) is 17.6 Å². The fraction of sp³-hybridized carbons (Fsp3) is 0.333. The number of carbonyl (C=O) groups is 2. The molecule has 1 aromatic carbocycles. The van der Waals surface area contributed by atoms with Crippen molar-refractivity contribution in [1.29, 1.82) is 0 Å². The lowest BCUT2D eigenvalue weighted by atomic mass is 9.64. The summed E-state index contributed by atoms with van der Waals surface area (Å²) in [6, 6.07) is 5.74. The molecule has 2 aromatic rings. The summed E-state index contributed by atoms with van der Waals surface area (Å²) in [7, 11) is 0.222. The van der Waals surface area contributed by atoms with Gasteiger partial charge in [0.2, 0.25) is 5.91 Å². The van der Waals surface area contributed by atoms with E-state index in [1.54, 1.807) is 5.38 Å². The number of rotatable bonds is 7. The number of aromatic nitrogens is 1. The van der Waals surface area contributed by atoms with E-state index in [9.17, 15) is 14.6 Å². The topological polar surface area (TPSA) is 136 Å². The first-order valence-corrected chi connectivity index (χ1v) is 9.84. The zero-order valence-corrected chi connectivity index (χ0v) is 16.9. The number of benzene rings is 1. The van der Waals surface area contributed by atoms with Gasteiger partial charge >= 0.3 is 7.12 Å². The molecule has 0 aliphatic carbocycles. The van der Waals surface area contributed by atoms with Gasteiger partial charge in [-0.15, -0.1) is 11.3 Å². The highest BCUT2D eigenvalue weighted by Gasteiger charge is 2.37. The molecular weight excluding hydrogens is 395 g/mol. The molecule has 0 unspecified atom stereocenters. The quantitative estimate of drug-likeness (QED) is 0.350. The average molecular weight is 416 g/mol. The van der Waals surface area contributed by atoms with E-state index in [1.165, 1.54) is 7.11 Å². The average Bonchev–Trinajstić information content (AvgIpc) is 3.15. The van der Waals surface area contributed by atoms with Crippen molar-refractivity contribution in [1.82, 2.24) is 4.98 Å². The first-order valence-electron chi connectivity index (χ1n) is 8.96. The third-order valence-corrected chi connectivity index (χ3v) is 5.25. The SMILES string of the molecule is CO/N=C(\C(=O)C[C@H]1Cc2cccc(C)c2OB1O)c1csc(NC(=O)CN)n1. The molecule has 1 aliphatic heterocycles. The molecule has 0 spiro atoms. The van der Waals surface area contributed by atoms with Gasteiger partial charge in [-0.05, 0) is 24.5 Å². The minimum Gasteiger partial charge on any atom is -0.536 e. The van der Waals surface area contributed by atoms with Crippen molar-refractivity contribution in [3.05, 3.63) is 40.4 Å². The molecule has 2 heterocycles. The van der Waals surface area contributed by atoms with Gasteiger partial charge in [0.25, 0.3) is 0 Å². The van der Waals surface area contributed by atoms with E-state index in [1.807, 2.05) is 25.1 Å². The van der Waals surface area contributed by atoms with Crippen molar-refractivity contribution < 1.29 is 24.1 Å². The summed E-state index contributed by atoms with van der Waals surface area (Å²) in [6.45, 7) is 1.73. The van der Waals surface area contributed by atoms with Crippen LogP contribution in [0.15, 0.2) is 28.7 Å². The molecule has 1 aromatic heterocycles. The fourth-order valence-corrected chi connectivity index (χ4v) is 3.80. The number of nitrogens with zero attached hydrogens (tertiary/aromatic N) is 2. The second-order valence-corrected chi connectivity index (χ2v) is 7.43. The summed E-state index contributed by atoms with van der Waals surface area (Å²) < 4.78 is 5.64. The van der Waals surface area contributed by atoms with E-state index < -0.39 is 12.9 Å². The van der Waals surface area contributed by atoms with E-state index in [-0.39, 0.29) is 36.1 Å². The number of carbonyl (C=O) groups excluding carboxylic acids is 2. The summed E-state index contributed by atoms with van der Waals surface area (Å²) in [5.74, 6) is -0.514. The molecule has 4 N–H and O–H groups in total. The fourth-order valence-electron chi connectivity index (χ4n) is 3.09. The van der Waals surface area contributed by atoms with Crippen LogP contribution in [0.2, 0.25) is 5.82 Å². The Kier molecular flexibility index (Phi) is 6.62. The maximum atomic E-state index is 12.9. The number of thiazole rings is 1. The van der Waals surface area contributed by atoms with Gasteiger partial charge in [-0.3, -0.25) is 9.59 Å². The third kappa shape index (κ3) is 4.81. The van der Waals surface area contributed by atoms with Gasteiger partial charge in [-0.2, -0.15) is 0 Å². The molecule has 29 heavy (non-hydrogen) atoms. The van der Waals surface area contributed by atoms with Crippen LogP contribution in [0.4, 0.5) is 5.13 Å². The number of Topliss-reactive ketones (excluding diaryl/α,β-unsaturated/α-hetero) is 1. The molecule has 9 nitrogen and oxygen atoms in total. The second-order valence-electron chi connectivity index (χ2n) is 6.58. The minimum absolute atomic E-state index is 0.00123. The van der Waals surface area contributed by atoms with Crippen LogP contribution in [0.5, 0.6) is 5.75 Å². The Morgan fingerprint density at radius 1 is 1.52 bits per heavy atom. The number of ketones is 1. The maximum Gasteiger partial charge on any atom is 0.526 e. The van der Waals surface area contributed by atoms with E-state index in [2.05, 4.69) is 15.5 Å². The van der Waals surface area contributed by atoms with Gasteiger partial charge in [0.15, 0.2) is 16.6 Å². The van der Waals surface area contributed by atoms with Crippen molar-refractivity contribution in [3.8, 4) is 5.75 Å². The van der Waals surface area contributed by atoms with Crippen molar-refractivity contribution in [2.24, 2.45) is 10.9 Å². The van der Waals surface area contributed by atoms with E-state index in [4.69, 9.17) is 15.2 Å². The summed E-state index contributed by atoms with van der Waals surface area (Å²) in [6.07, 6.45) is 0.498. The minimum atomic E-state index is -1.11. The number of aryl methyl sites for hydroxylation is 1. The highest BCUT2D eigenvalue weighted by atomic mass is 32.1. The molecule has 152 valence electrons. The molecule has 0 bridgehead atoms. The molecule has 1 aliphatic rings. The van der Waals surface area contributed by atoms with Crippen LogP contribution in [-0.2, 0) is 20.8 Å². The Morgan fingerprint density at radius 3 is 3.03 bits per heavy atom. The Labute approximate surface area is 172 Å². The highest BCUT2D eigenvalue weighted by Crippen LogP contribution is 2.36. The van der Waals surface area contributed by atoms with Crippen LogP contribution < -0.4 is 15.7 Å². The Morgan fingerprint density at radius 2 is 2.31 bits per heavy atom. The Bertz CT molecular complexity index is 948. The lowest BCUT2D eigenvalue weighted by Crippen LogP contribution is -2.36. The van der Waals surface area contributed by atoms with E-state index >= 15 is 0 Å². The molecular formula is C18H21BN4O5S. The van der Waals surface area contributed by atoms with E-state index in [0.29, 0.717) is 17.3 Å². The number of amides is 1. The summed E-state index contributed by atoms with van der Waals surface area (Å²) in [5.41, 5.74) is 7.44. The number of hydrogen-bond acceptors (Lipinski definition) is 9. The van der Waals surface area contributed by atoms with Gasteiger partial charge < -0.3 is 25.6 Å². The van der Waals surface area contributed by atoms with Crippen molar-refractivity contribution >= 4 is 41.0 Å². The van der Waals surface area contributed by atoms with E-state index in [0.717, 1.165) is 22.5 Å². The van der Waals surface area contributed by atoms with Crippen LogP contribution >= 0.6 is 11.3 Å². The monoisotopic (exact) mass is 416 g/mol. The largest absolute Gasteiger partial charge is 0.536 e. The molecule has 0 radical (unpaired) electrons. The standard InChI is InChI=1S/C18H21BN4O5S/c1-10-4-3-5-11-6-12(19(26)28-17(10)11)7-14(24)16(23-27-2)13-9-29-18(21-13)22-15(25)8-20/h3-5,9,12,26H,6-8,20H2,1-2H3,(H,21,22,25)/b23-16-/t12-/m1/s1. The third-order valence-electron chi connectivity index (χ3n) is 4.49. The maximum absolute atomic E-state index is 12.9. The molecule has 3 rings (SSSR count). The van der Waals surface area contributed by atoms with Crippen LogP contribution in [0.1, 0.15) is 23.2 Å². The molecule has 0 saturated heterocycles. The second kappa shape index (κ2) is 9.16. The van der Waals surface area contributed by atoms with Crippen molar-refractivity contribution in [3.63, 3.8) is 0 Å². The number of para-hydroxylation sites is 1. The van der Waals surface area contributed by atoms with Gasteiger partial charge in [0.1, 0.15) is 18.6 Å². The number of nitrogens with one attached hydrogen (secondary N) is 1. The van der Waals surface area contributed by atoms with Crippen LogP contribution in [-0.4, -0.2) is 48.2 Å². The van der Waals surface area contributed by atoms with Crippen molar-refractivity contribution in [2.75, 3.05) is 19.0 Å². The lowest BCUT2D eigenvalue weighted by molar-refractivity contribution is -0.115. The van der Waals surface area contributed by atoms with Crippen molar-refractivity contribution in [2.45, 2.75) is 25.6 Å². The lowest BCUT2D eigenvalue weighted by Gasteiger charge is -2.28. The predicted molar refractivity (Wildman–Crippen MR) is 110 cm³/mol. The van der Waals surface area contributed by atoms with Gasteiger partial charge in [-0.1, -0.05) is 23.4 Å². The molecule has 1 atom stereocenters. The first-order chi connectivity index (χ1) is 13.9. The molecule has 0 fully saturated rings. The smallest absolute Gasteiger partial charge is 0.526 e. The Balaban J connectivity index is 1.75. The number of oxime groups is 1. The van der Waals surface area contributed by atoms with Crippen LogP contribution in [0.3, 0.4) is 0 Å². The summed E-state index contributed by atoms with van der Waals surface area (Å²) in [5, 5.41) is 18.6. The Hall–Kier alpha value is -2.76. The van der Waals surface area contributed by atoms with Gasteiger partial charge in [0.05, 0.1) is 6.54 Å². The van der Waals surface area contributed by atoms with Crippen LogP contribution in [0, 0.1) is 6.92 Å². The zero-order chi connectivity index (χ0) is 21.0. The number of hydrogen-bond donors (Lipinski definition) is 3. The summed E-state index contributed by atoms with van der Waals surface area (Å²) >= 11 is 1.14. The normalized spacial score (nSPS) is 16.1. The van der Waals surface area contributed by atoms with Gasteiger partial charge in [-0.25, -0.2) is 4.98 Å². The number of fused-ring (bicyclic) bond motifs is 1. The molecule has 0 saturated carbocycles. The first kappa shape index (κ1) is 21.0. The number of anilines is 1. The summed E-state index contributed by atoms with van der Waals surface area (Å²) in [4.78, 5) is 33.3. The predicted octanol–water partition coefficient (Wildman–Crippen LogP) is 1.14. The van der Waals surface area contributed by atoms with Crippen LogP contribution in [0.25, 0.3) is 0 Å².